The van der Waals surface area contributed by atoms with Gasteiger partial charge in [-0.1, -0.05) is 35.6 Å². The van der Waals surface area contributed by atoms with Crippen molar-refractivity contribution < 1.29 is 17.6 Å². The fourth-order valence-electron chi connectivity index (χ4n) is 2.84. The number of anilines is 2. The third kappa shape index (κ3) is 4.86. The van der Waals surface area contributed by atoms with Crippen molar-refractivity contribution in [1.29, 1.82) is 0 Å². The molecule has 2 heterocycles. The molecule has 30 heavy (non-hydrogen) atoms. The molecule has 160 valence electrons. The fraction of sp³-hybridized carbons (Fsp3) is 0.278. The van der Waals surface area contributed by atoms with E-state index in [-0.39, 0.29) is 17.0 Å². The zero-order valence-electron chi connectivity index (χ0n) is 16.1. The van der Waals surface area contributed by atoms with Crippen LogP contribution < -0.4 is 10.0 Å². The third-order valence-electron chi connectivity index (χ3n) is 4.17. The number of amides is 1. The Hall–Kier alpha value is -1.93. The summed E-state index contributed by atoms with van der Waals surface area (Å²) in [6.45, 7) is 1.71. The van der Waals surface area contributed by atoms with Crippen LogP contribution in [0.15, 0.2) is 29.4 Å². The van der Waals surface area contributed by atoms with E-state index in [1.54, 1.807) is 13.0 Å². The Morgan fingerprint density at radius 2 is 2.13 bits per heavy atom. The van der Waals surface area contributed by atoms with E-state index in [0.717, 1.165) is 10.4 Å². The zero-order chi connectivity index (χ0) is 21.9. The van der Waals surface area contributed by atoms with Crippen LogP contribution in [0.25, 0.3) is 11.0 Å². The number of H-pyrrole nitrogens is 1. The van der Waals surface area contributed by atoms with Crippen molar-refractivity contribution in [1.82, 2.24) is 15.2 Å². The van der Waals surface area contributed by atoms with Crippen molar-refractivity contribution in [2.45, 2.75) is 22.8 Å². The number of carbonyl (C=O) groups is 1. The van der Waals surface area contributed by atoms with Crippen molar-refractivity contribution >= 4 is 72.7 Å². The van der Waals surface area contributed by atoms with Gasteiger partial charge in [-0.3, -0.25) is 14.6 Å². The van der Waals surface area contributed by atoms with Crippen LogP contribution >= 0.6 is 34.4 Å². The molecule has 1 amide bonds. The number of hydrogen-bond acceptors (Lipinski definition) is 6. The zero-order valence-corrected chi connectivity index (χ0v) is 19.9. The number of pyridine rings is 1. The molecule has 3 rings (SSSR count). The molecule has 3 aromatic rings. The number of nitrogens with one attached hydrogen (secondary N) is 3. The molecule has 0 aliphatic carbocycles. The standard InChI is InChI=1S/C18H19FIN5O3S2/c1-3-6-30(27,28)25-13-5-4-10(8-20)14(15(13)19)17(26)22-11-7-12-16(21-9-11)23-24-18(12)29-2/h4-5,7,9,25H,3,6,8H2,1-2H3,(H,22,26)(H,21,23,24). The predicted octanol–water partition coefficient (Wildman–Crippen LogP) is 4.16. The van der Waals surface area contributed by atoms with E-state index in [9.17, 15) is 13.2 Å². The van der Waals surface area contributed by atoms with Crippen molar-refractivity contribution in [3.05, 3.63) is 41.3 Å². The summed E-state index contributed by atoms with van der Waals surface area (Å²) in [6, 6.07) is 4.57. The molecular weight excluding hydrogens is 544 g/mol. The number of rotatable bonds is 8. The number of fused-ring (bicyclic) bond motifs is 1. The monoisotopic (exact) mass is 563 g/mol. The van der Waals surface area contributed by atoms with Crippen LogP contribution in [0.1, 0.15) is 29.3 Å². The Morgan fingerprint density at radius 3 is 2.80 bits per heavy atom. The average Bonchev–Trinajstić information content (AvgIpc) is 3.11. The van der Waals surface area contributed by atoms with E-state index in [2.05, 4.69) is 25.2 Å². The molecule has 0 fully saturated rings. The van der Waals surface area contributed by atoms with E-state index in [1.165, 1.54) is 30.1 Å². The number of aromatic amines is 1. The van der Waals surface area contributed by atoms with E-state index in [4.69, 9.17) is 0 Å². The molecule has 0 spiro atoms. The first-order valence-corrected chi connectivity index (χ1v) is 13.3. The van der Waals surface area contributed by atoms with Gasteiger partial charge in [-0.25, -0.2) is 17.8 Å². The molecule has 0 radical (unpaired) electrons. The largest absolute Gasteiger partial charge is 0.320 e. The van der Waals surface area contributed by atoms with Gasteiger partial charge in [0.15, 0.2) is 11.5 Å². The lowest BCUT2D eigenvalue weighted by atomic mass is 10.1. The summed E-state index contributed by atoms with van der Waals surface area (Å²) in [5.74, 6) is -1.74. The maximum Gasteiger partial charge on any atom is 0.259 e. The number of hydrogen-bond donors (Lipinski definition) is 3. The number of aromatic nitrogens is 3. The normalized spacial score (nSPS) is 11.6. The maximum atomic E-state index is 15.1. The number of carbonyl (C=O) groups excluding carboxylic acids is 1. The molecule has 0 bridgehead atoms. The van der Waals surface area contributed by atoms with Gasteiger partial charge in [0.25, 0.3) is 5.91 Å². The summed E-state index contributed by atoms with van der Waals surface area (Å²) in [5, 5.41) is 11.0. The summed E-state index contributed by atoms with van der Waals surface area (Å²) in [7, 11) is -3.70. The molecule has 3 N–H and O–H groups in total. The number of benzene rings is 1. The summed E-state index contributed by atoms with van der Waals surface area (Å²) >= 11 is 3.45. The topological polar surface area (TPSA) is 117 Å². The quantitative estimate of drug-likeness (QED) is 0.215. The van der Waals surface area contributed by atoms with E-state index < -0.39 is 21.7 Å². The lowest BCUT2D eigenvalue weighted by molar-refractivity contribution is 0.102. The van der Waals surface area contributed by atoms with Crippen molar-refractivity contribution in [2.24, 2.45) is 0 Å². The van der Waals surface area contributed by atoms with Gasteiger partial charge in [0, 0.05) is 4.43 Å². The summed E-state index contributed by atoms with van der Waals surface area (Å²) in [6.07, 6.45) is 3.70. The van der Waals surface area contributed by atoms with Crippen LogP contribution in [0.5, 0.6) is 0 Å². The SMILES string of the molecule is CCCS(=O)(=O)Nc1ccc(CI)c(C(=O)Nc2cnc3[nH]nc(SC)c3c2)c1F. The summed E-state index contributed by atoms with van der Waals surface area (Å²) in [5.41, 5.74) is 0.934. The number of alkyl halides is 1. The molecule has 0 unspecified atom stereocenters. The molecule has 2 aromatic heterocycles. The van der Waals surface area contributed by atoms with Crippen LogP contribution in [-0.2, 0) is 14.5 Å². The van der Waals surface area contributed by atoms with Crippen LogP contribution in [-0.4, -0.2) is 41.5 Å². The van der Waals surface area contributed by atoms with Gasteiger partial charge in [0.05, 0.1) is 34.3 Å². The van der Waals surface area contributed by atoms with Gasteiger partial charge in [-0.15, -0.1) is 11.8 Å². The van der Waals surface area contributed by atoms with Gasteiger partial charge < -0.3 is 5.32 Å². The number of thioether (sulfide) groups is 1. The smallest absolute Gasteiger partial charge is 0.259 e. The molecule has 0 atom stereocenters. The molecule has 0 aliphatic rings. The van der Waals surface area contributed by atoms with Gasteiger partial charge in [0.2, 0.25) is 10.0 Å². The van der Waals surface area contributed by atoms with E-state index >= 15 is 4.39 Å². The minimum atomic E-state index is -3.70. The first-order valence-electron chi connectivity index (χ1n) is 8.87. The highest BCUT2D eigenvalue weighted by Gasteiger charge is 2.22. The highest BCUT2D eigenvalue weighted by Crippen LogP contribution is 2.28. The Balaban J connectivity index is 1.95. The summed E-state index contributed by atoms with van der Waals surface area (Å²) < 4.78 is 41.8. The Bertz CT molecular complexity index is 1200. The highest BCUT2D eigenvalue weighted by molar-refractivity contribution is 14.1. The van der Waals surface area contributed by atoms with E-state index in [0.29, 0.717) is 27.7 Å². The Labute approximate surface area is 191 Å². The van der Waals surface area contributed by atoms with E-state index in [1.807, 2.05) is 28.8 Å². The Morgan fingerprint density at radius 1 is 1.37 bits per heavy atom. The Kier molecular flexibility index (Phi) is 7.18. The van der Waals surface area contributed by atoms with Gasteiger partial charge in [0.1, 0.15) is 5.03 Å². The van der Waals surface area contributed by atoms with Crippen LogP contribution in [0, 0.1) is 5.82 Å². The number of sulfonamides is 1. The van der Waals surface area contributed by atoms with Gasteiger partial charge >= 0.3 is 0 Å². The van der Waals surface area contributed by atoms with Crippen molar-refractivity contribution in [3.63, 3.8) is 0 Å². The summed E-state index contributed by atoms with van der Waals surface area (Å²) in [4.78, 5) is 17.1. The lowest BCUT2D eigenvalue weighted by Gasteiger charge is -2.14. The predicted molar refractivity (Wildman–Crippen MR) is 125 cm³/mol. The molecular formula is C18H19FIN5O3S2. The molecule has 1 aromatic carbocycles. The second-order valence-corrected chi connectivity index (χ2v) is 9.72. The average molecular weight is 563 g/mol. The van der Waals surface area contributed by atoms with Crippen LogP contribution in [0.4, 0.5) is 15.8 Å². The van der Waals surface area contributed by atoms with Gasteiger partial charge in [-0.05, 0) is 30.4 Å². The fourth-order valence-corrected chi connectivity index (χ4v) is 5.12. The second kappa shape index (κ2) is 9.47. The first kappa shape index (κ1) is 22.7. The minimum Gasteiger partial charge on any atom is -0.320 e. The van der Waals surface area contributed by atoms with Gasteiger partial charge in [-0.2, -0.15) is 5.10 Å². The highest BCUT2D eigenvalue weighted by atomic mass is 127. The molecule has 0 aliphatic heterocycles. The van der Waals surface area contributed by atoms with Crippen LogP contribution in [0.3, 0.4) is 0 Å². The molecule has 12 heteroatoms. The third-order valence-corrected chi connectivity index (χ3v) is 7.17. The maximum absolute atomic E-state index is 15.1. The van der Waals surface area contributed by atoms with Crippen molar-refractivity contribution in [2.75, 3.05) is 22.0 Å². The lowest BCUT2D eigenvalue weighted by Crippen LogP contribution is -2.20. The molecule has 0 saturated carbocycles. The molecule has 8 nitrogen and oxygen atoms in total. The number of nitrogens with zero attached hydrogens (tertiary/aromatic N) is 2. The second-order valence-electron chi connectivity index (χ2n) is 6.32. The number of halogens is 2. The van der Waals surface area contributed by atoms with Crippen molar-refractivity contribution in [3.8, 4) is 0 Å². The first-order chi connectivity index (χ1) is 14.3. The minimum absolute atomic E-state index is 0.143. The van der Waals surface area contributed by atoms with Crippen LogP contribution in [0.2, 0.25) is 0 Å². The molecule has 0 saturated heterocycles.